The molecule has 0 saturated carbocycles. The molecule has 2 aromatic carbocycles. The fourth-order valence-corrected chi connectivity index (χ4v) is 3.71. The number of benzene rings is 2. The Morgan fingerprint density at radius 2 is 1.78 bits per heavy atom. The highest BCUT2D eigenvalue weighted by molar-refractivity contribution is 5.89. The Kier molecular flexibility index (Phi) is 7.50. The van der Waals surface area contributed by atoms with Gasteiger partial charge in [0, 0.05) is 12.8 Å². The van der Waals surface area contributed by atoms with Gasteiger partial charge in [-0.3, -0.25) is 4.79 Å². The monoisotopic (exact) mass is 442 g/mol. The fraction of sp³-hybridized carbons (Fsp3) is 0.333. The van der Waals surface area contributed by atoms with Crippen LogP contribution in [0.25, 0.3) is 0 Å². The van der Waals surface area contributed by atoms with Gasteiger partial charge in [0.1, 0.15) is 30.3 Å². The van der Waals surface area contributed by atoms with Crippen LogP contribution in [0.3, 0.4) is 0 Å². The molecule has 2 aromatic rings. The Morgan fingerprint density at radius 1 is 1.06 bits per heavy atom. The summed E-state index contributed by atoms with van der Waals surface area (Å²) in [5.41, 5.74) is 1.03. The summed E-state index contributed by atoms with van der Waals surface area (Å²) in [5, 5.41) is 31.8. The molecule has 4 atom stereocenters. The van der Waals surface area contributed by atoms with Gasteiger partial charge < -0.3 is 29.5 Å². The molecule has 0 amide bonds. The van der Waals surface area contributed by atoms with E-state index in [0.717, 1.165) is 0 Å². The molecule has 1 aliphatic rings. The molecular weight excluding hydrogens is 416 g/mol. The minimum absolute atomic E-state index is 0.0133. The topological polar surface area (TPSA) is 123 Å². The average molecular weight is 442 g/mol. The molecule has 170 valence electrons. The summed E-state index contributed by atoms with van der Waals surface area (Å²) in [4.78, 5) is 23.9. The van der Waals surface area contributed by atoms with Gasteiger partial charge in [-0.15, -0.1) is 0 Å². The van der Waals surface area contributed by atoms with Gasteiger partial charge >= 0.3 is 11.9 Å². The van der Waals surface area contributed by atoms with Gasteiger partial charge in [0.25, 0.3) is 0 Å². The Hall–Kier alpha value is -3.36. The molecule has 0 radical (unpaired) electrons. The number of ether oxygens (including phenoxy) is 3. The van der Waals surface area contributed by atoms with Gasteiger partial charge in [0.2, 0.25) is 0 Å². The van der Waals surface area contributed by atoms with E-state index >= 15 is 0 Å². The first kappa shape index (κ1) is 23.3. The third-order valence-electron chi connectivity index (χ3n) is 5.36. The van der Waals surface area contributed by atoms with E-state index in [9.17, 15) is 24.9 Å². The number of methoxy groups -OCH3 is 1. The van der Waals surface area contributed by atoms with Crippen molar-refractivity contribution in [1.82, 2.24) is 0 Å². The lowest BCUT2D eigenvalue weighted by Gasteiger charge is -2.37. The molecule has 0 heterocycles. The summed E-state index contributed by atoms with van der Waals surface area (Å²) in [6.07, 6.45) is -2.04. The summed E-state index contributed by atoms with van der Waals surface area (Å²) >= 11 is 0. The predicted molar refractivity (Wildman–Crippen MR) is 114 cm³/mol. The highest BCUT2D eigenvalue weighted by Crippen LogP contribution is 2.34. The SMILES string of the molecule is COc1ccc(O)c(C[C@@H]2[C@H](OC(C)=O)[C@@H](O)C(COC(=O)c3ccccc3)=C[C@@H]2O)c1. The second-order valence-electron chi connectivity index (χ2n) is 7.56. The van der Waals surface area contributed by atoms with E-state index in [-0.39, 0.29) is 24.4 Å². The number of carbonyl (C=O) groups excluding carboxylic acids is 2. The molecule has 32 heavy (non-hydrogen) atoms. The third-order valence-corrected chi connectivity index (χ3v) is 5.36. The molecule has 0 aliphatic heterocycles. The molecule has 0 bridgehead atoms. The van der Waals surface area contributed by atoms with Crippen molar-refractivity contribution >= 4 is 11.9 Å². The van der Waals surface area contributed by atoms with Gasteiger partial charge in [0.15, 0.2) is 0 Å². The van der Waals surface area contributed by atoms with Crippen LogP contribution < -0.4 is 4.74 Å². The van der Waals surface area contributed by atoms with Crippen molar-refractivity contribution in [3.8, 4) is 11.5 Å². The van der Waals surface area contributed by atoms with Crippen LogP contribution in [0, 0.1) is 5.92 Å². The first-order valence-electron chi connectivity index (χ1n) is 10.1. The zero-order valence-corrected chi connectivity index (χ0v) is 17.8. The van der Waals surface area contributed by atoms with Gasteiger partial charge in [0.05, 0.1) is 18.8 Å². The molecule has 1 aliphatic carbocycles. The lowest BCUT2D eigenvalue weighted by molar-refractivity contribution is -0.159. The quantitative estimate of drug-likeness (QED) is 0.440. The van der Waals surface area contributed by atoms with Gasteiger partial charge in [-0.25, -0.2) is 4.79 Å². The van der Waals surface area contributed by atoms with Crippen molar-refractivity contribution in [2.24, 2.45) is 5.92 Å². The van der Waals surface area contributed by atoms with Crippen LogP contribution in [-0.2, 0) is 20.7 Å². The van der Waals surface area contributed by atoms with Crippen molar-refractivity contribution in [3.05, 3.63) is 71.3 Å². The maximum Gasteiger partial charge on any atom is 0.338 e. The van der Waals surface area contributed by atoms with E-state index in [4.69, 9.17) is 14.2 Å². The number of phenolic OH excluding ortho intramolecular Hbond substituents is 1. The lowest BCUT2D eigenvalue weighted by atomic mass is 9.79. The van der Waals surface area contributed by atoms with Crippen LogP contribution in [0.4, 0.5) is 0 Å². The second-order valence-corrected chi connectivity index (χ2v) is 7.56. The van der Waals surface area contributed by atoms with E-state index in [1.54, 1.807) is 42.5 Å². The third kappa shape index (κ3) is 5.46. The molecular formula is C24H26O8. The van der Waals surface area contributed by atoms with E-state index < -0.39 is 36.2 Å². The number of rotatable bonds is 7. The van der Waals surface area contributed by atoms with Crippen molar-refractivity contribution < 1.29 is 39.1 Å². The average Bonchev–Trinajstić information content (AvgIpc) is 2.78. The Balaban J connectivity index is 1.81. The molecule has 8 heteroatoms. The number of esters is 2. The molecule has 3 N–H and O–H groups in total. The van der Waals surface area contributed by atoms with Crippen molar-refractivity contribution in [2.75, 3.05) is 13.7 Å². The number of carbonyl (C=O) groups is 2. The van der Waals surface area contributed by atoms with Gasteiger partial charge in [-0.1, -0.05) is 24.3 Å². The zero-order valence-electron chi connectivity index (χ0n) is 17.8. The first-order chi connectivity index (χ1) is 15.3. The summed E-state index contributed by atoms with van der Waals surface area (Å²) in [7, 11) is 1.49. The molecule has 8 nitrogen and oxygen atoms in total. The molecule has 0 aromatic heterocycles. The smallest absolute Gasteiger partial charge is 0.338 e. The summed E-state index contributed by atoms with van der Waals surface area (Å²) in [6.45, 7) is 0.924. The van der Waals surface area contributed by atoms with Crippen LogP contribution in [0.2, 0.25) is 0 Å². The molecule has 0 fully saturated rings. The predicted octanol–water partition coefficient (Wildman–Crippen LogP) is 2.01. The van der Waals surface area contributed by atoms with Crippen molar-refractivity contribution in [1.29, 1.82) is 0 Å². The maximum absolute atomic E-state index is 12.2. The Labute approximate surface area is 185 Å². The molecule has 0 saturated heterocycles. The van der Waals surface area contributed by atoms with Gasteiger partial charge in [-0.05, 0) is 47.9 Å². The Bertz CT molecular complexity index is 985. The van der Waals surface area contributed by atoms with Crippen LogP contribution in [0.5, 0.6) is 11.5 Å². The van der Waals surface area contributed by atoms with E-state index in [1.807, 2.05) is 0 Å². The summed E-state index contributed by atoms with van der Waals surface area (Å²) < 4.78 is 15.8. The summed E-state index contributed by atoms with van der Waals surface area (Å²) in [5.74, 6) is -1.47. The minimum Gasteiger partial charge on any atom is -0.508 e. The number of hydrogen-bond donors (Lipinski definition) is 3. The highest BCUT2D eigenvalue weighted by Gasteiger charge is 2.41. The van der Waals surface area contributed by atoms with E-state index in [1.165, 1.54) is 26.2 Å². The second kappa shape index (κ2) is 10.3. The van der Waals surface area contributed by atoms with E-state index in [2.05, 4.69) is 0 Å². The van der Waals surface area contributed by atoms with Crippen molar-refractivity contribution in [2.45, 2.75) is 31.7 Å². The zero-order chi connectivity index (χ0) is 23.3. The molecule has 3 rings (SSSR count). The maximum atomic E-state index is 12.2. The van der Waals surface area contributed by atoms with Crippen molar-refractivity contribution in [3.63, 3.8) is 0 Å². The first-order valence-corrected chi connectivity index (χ1v) is 10.1. The fourth-order valence-electron chi connectivity index (χ4n) is 3.71. The lowest BCUT2D eigenvalue weighted by Crippen LogP contribution is -2.48. The summed E-state index contributed by atoms with van der Waals surface area (Å²) in [6, 6.07) is 13.0. The van der Waals surface area contributed by atoms with Crippen LogP contribution in [-0.4, -0.2) is 59.3 Å². The largest absolute Gasteiger partial charge is 0.508 e. The number of aliphatic hydroxyl groups excluding tert-OH is 2. The van der Waals surface area contributed by atoms with Crippen LogP contribution >= 0.6 is 0 Å². The molecule has 0 spiro atoms. The number of aliphatic hydroxyl groups is 2. The standard InChI is InChI=1S/C24H26O8/c1-14(25)32-23-19(11-16-10-18(30-2)8-9-20(16)26)21(27)12-17(22(23)28)13-31-24(29)15-6-4-3-5-7-15/h3-10,12,19,21-23,26-28H,11,13H2,1-2H3/t19-,21-,22-,23-/m0/s1. The number of aromatic hydroxyl groups is 1. The molecule has 0 unspecified atom stereocenters. The van der Waals surface area contributed by atoms with Crippen LogP contribution in [0.1, 0.15) is 22.8 Å². The van der Waals surface area contributed by atoms with Crippen LogP contribution in [0.15, 0.2) is 60.2 Å². The minimum atomic E-state index is -1.30. The van der Waals surface area contributed by atoms with Gasteiger partial charge in [-0.2, -0.15) is 0 Å². The number of phenols is 1. The normalized spacial score (nSPS) is 22.6. The van der Waals surface area contributed by atoms with E-state index in [0.29, 0.717) is 16.9 Å². The Morgan fingerprint density at radius 3 is 2.44 bits per heavy atom. The number of hydrogen-bond acceptors (Lipinski definition) is 8. The highest BCUT2D eigenvalue weighted by atomic mass is 16.6.